The minimum atomic E-state index is 0. The summed E-state index contributed by atoms with van der Waals surface area (Å²) >= 11 is 1.72. The van der Waals surface area contributed by atoms with Gasteiger partial charge in [-0.05, 0) is 0 Å². The first kappa shape index (κ1) is 13.8. The van der Waals surface area contributed by atoms with E-state index in [1.54, 1.807) is 30.3 Å². The van der Waals surface area contributed by atoms with E-state index in [1.165, 1.54) is 19.3 Å². The van der Waals surface area contributed by atoms with Gasteiger partial charge in [-0.1, -0.05) is 0 Å². The van der Waals surface area contributed by atoms with Gasteiger partial charge in [0.15, 0.2) is 0 Å². The Balaban J connectivity index is 0.000000605. The van der Waals surface area contributed by atoms with Crippen LogP contribution in [0.2, 0.25) is 3.63 Å². The molecule has 0 aromatic rings. The van der Waals surface area contributed by atoms with E-state index in [1.807, 2.05) is 0 Å². The Morgan fingerprint density at radius 3 is 2.67 bits per heavy atom. The first-order valence-electron chi connectivity index (χ1n) is 3.95. The van der Waals surface area contributed by atoms with Crippen molar-refractivity contribution in [1.29, 1.82) is 0 Å². The molecule has 0 amide bonds. The second kappa shape index (κ2) is 6.33. The molecule has 1 fully saturated rings. The van der Waals surface area contributed by atoms with Crippen LogP contribution in [0.25, 0.3) is 0 Å². The van der Waals surface area contributed by atoms with Crippen LogP contribution in [0, 0.1) is 5.92 Å². The van der Waals surface area contributed by atoms with Crippen molar-refractivity contribution in [2.75, 3.05) is 0 Å². The predicted molar refractivity (Wildman–Crippen MR) is 38.3 cm³/mol. The minimum absolute atomic E-state index is 0. The Hall–Kier alpha value is 1.82. The van der Waals surface area contributed by atoms with Crippen LogP contribution in [-0.4, -0.2) is 0 Å². The third-order valence-electron chi connectivity index (χ3n) is 2.52. The van der Waals surface area contributed by atoms with Crippen LogP contribution in [0.1, 0.15) is 19.3 Å². The second-order valence-corrected chi connectivity index (χ2v) is 4.87. The summed E-state index contributed by atoms with van der Waals surface area (Å²) in [6.07, 6.45) is 11.1. The number of allylic oxidation sites excluding steroid dienone is 4. The zero-order valence-corrected chi connectivity index (χ0v) is 13.5. The third kappa shape index (κ3) is 2.91. The summed E-state index contributed by atoms with van der Waals surface area (Å²) in [5.74, 6) is 0.939. The molecule has 0 N–H and O–H groups in total. The first-order valence-corrected chi connectivity index (χ1v) is 5.37. The van der Waals surface area contributed by atoms with Gasteiger partial charge in [0.2, 0.25) is 0 Å². The van der Waals surface area contributed by atoms with Crippen molar-refractivity contribution >= 4 is 0 Å². The number of fused-ring (bicyclic) bond motifs is 1. The molecule has 0 nitrogen and oxygen atoms in total. The van der Waals surface area contributed by atoms with Gasteiger partial charge in [0, 0.05) is 0 Å². The summed E-state index contributed by atoms with van der Waals surface area (Å²) in [4.78, 5) is 0. The van der Waals surface area contributed by atoms with Crippen molar-refractivity contribution in [2.45, 2.75) is 22.9 Å². The van der Waals surface area contributed by atoms with Crippen molar-refractivity contribution in [3.8, 4) is 0 Å². The van der Waals surface area contributed by atoms with E-state index in [-0.39, 0.29) is 48.0 Å². The van der Waals surface area contributed by atoms with Gasteiger partial charge >= 0.3 is 77.3 Å². The third-order valence-corrected chi connectivity index (χ3v) is 4.05. The van der Waals surface area contributed by atoms with Gasteiger partial charge in [0.05, 0.1) is 0 Å². The van der Waals surface area contributed by atoms with Crippen molar-refractivity contribution in [3.05, 3.63) is 23.8 Å². The molecule has 2 rings (SSSR count). The standard InChI is InChI=1S/C9H11.2HI.Zr/c1-2-5-9-7-3-6-8(9)4-1;;;/h1-2,4,6,9H,3,5,7H2;2*1H;/q;;;+2/p-2. The molecule has 0 saturated heterocycles. The number of halogens is 2. The quantitative estimate of drug-likeness (QED) is 0.329. The summed E-state index contributed by atoms with van der Waals surface area (Å²) in [5.41, 5.74) is 1.75. The van der Waals surface area contributed by atoms with Gasteiger partial charge in [-0.3, -0.25) is 0 Å². The van der Waals surface area contributed by atoms with Crippen LogP contribution >= 0.6 is 0 Å². The van der Waals surface area contributed by atoms with Crippen LogP contribution < -0.4 is 48.0 Å². The van der Waals surface area contributed by atoms with E-state index in [0.717, 1.165) is 9.54 Å². The van der Waals surface area contributed by atoms with E-state index in [0.29, 0.717) is 0 Å². The molecule has 0 aromatic heterocycles. The van der Waals surface area contributed by atoms with Gasteiger partial charge in [0.1, 0.15) is 0 Å². The fraction of sp³-hybridized carbons (Fsp3) is 0.556. The SMILES string of the molecule is [I-].[I-].[Zr+2][CH]1CCC2CC=CC=C12. The van der Waals surface area contributed by atoms with Crippen molar-refractivity contribution < 1.29 is 72.7 Å². The van der Waals surface area contributed by atoms with E-state index < -0.39 is 0 Å². The fourth-order valence-electron chi connectivity index (χ4n) is 1.91. The van der Waals surface area contributed by atoms with E-state index in [2.05, 4.69) is 18.2 Å². The molecule has 0 aromatic carbocycles. The molecule has 2 unspecified atom stereocenters. The summed E-state index contributed by atoms with van der Waals surface area (Å²) in [6.45, 7) is 0. The average molecular weight is 464 g/mol. The zero-order valence-electron chi connectivity index (χ0n) is 6.76. The number of hydrogen-bond donors (Lipinski definition) is 0. The molecular formula is C9H11I2Zr. The van der Waals surface area contributed by atoms with Crippen LogP contribution in [0.3, 0.4) is 0 Å². The predicted octanol–water partition coefficient (Wildman–Crippen LogP) is -3.37. The molecule has 0 spiro atoms. The normalized spacial score (nSPS) is 31.3. The van der Waals surface area contributed by atoms with Gasteiger partial charge in [-0.25, -0.2) is 0 Å². The Labute approximate surface area is 124 Å². The topological polar surface area (TPSA) is 0 Å². The van der Waals surface area contributed by atoms with Crippen molar-refractivity contribution in [2.24, 2.45) is 5.92 Å². The number of hydrogen-bond acceptors (Lipinski definition) is 0. The molecule has 3 heteroatoms. The maximum absolute atomic E-state index is 2.35. The summed E-state index contributed by atoms with van der Waals surface area (Å²) in [7, 11) is 0. The van der Waals surface area contributed by atoms with E-state index in [4.69, 9.17) is 0 Å². The molecule has 2 aliphatic rings. The second-order valence-electron chi connectivity index (χ2n) is 3.16. The molecular weight excluding hydrogens is 453 g/mol. The van der Waals surface area contributed by atoms with Crippen LogP contribution in [0.5, 0.6) is 0 Å². The van der Waals surface area contributed by atoms with Gasteiger partial charge < -0.3 is 48.0 Å². The van der Waals surface area contributed by atoms with Crippen LogP contribution in [-0.2, 0) is 24.7 Å². The molecule has 2 aliphatic carbocycles. The van der Waals surface area contributed by atoms with Gasteiger partial charge in [-0.2, -0.15) is 0 Å². The molecule has 0 radical (unpaired) electrons. The Morgan fingerprint density at radius 1 is 1.25 bits per heavy atom. The number of rotatable bonds is 0. The maximum atomic E-state index is 2.35. The summed E-state index contributed by atoms with van der Waals surface area (Å²) in [5, 5.41) is 0. The van der Waals surface area contributed by atoms with Gasteiger partial charge in [-0.15, -0.1) is 0 Å². The fourth-order valence-corrected chi connectivity index (χ4v) is 3.14. The van der Waals surface area contributed by atoms with E-state index in [9.17, 15) is 0 Å². The molecule has 12 heavy (non-hydrogen) atoms. The van der Waals surface area contributed by atoms with Crippen molar-refractivity contribution in [3.63, 3.8) is 0 Å². The van der Waals surface area contributed by atoms with Crippen LogP contribution in [0.4, 0.5) is 0 Å². The van der Waals surface area contributed by atoms with E-state index >= 15 is 0 Å². The monoisotopic (exact) mass is 463 g/mol. The van der Waals surface area contributed by atoms with Gasteiger partial charge in [0.25, 0.3) is 0 Å². The first-order chi connectivity index (χ1) is 4.88. The summed E-state index contributed by atoms with van der Waals surface area (Å²) < 4.78 is 0.960. The molecule has 0 bridgehead atoms. The van der Waals surface area contributed by atoms with Crippen LogP contribution in [0.15, 0.2) is 23.8 Å². The molecule has 0 heterocycles. The molecule has 65 valence electrons. The molecule has 2 atom stereocenters. The molecule has 0 aliphatic heterocycles. The summed E-state index contributed by atoms with van der Waals surface area (Å²) in [6, 6.07) is 0. The zero-order chi connectivity index (χ0) is 6.97. The molecule has 1 saturated carbocycles. The van der Waals surface area contributed by atoms with Crippen molar-refractivity contribution in [1.82, 2.24) is 0 Å². The Kier molecular flexibility index (Phi) is 7.30. The average Bonchev–Trinajstić information content (AvgIpc) is 2.34. The Morgan fingerprint density at radius 2 is 2.00 bits per heavy atom. The Bertz CT molecular complexity index is 199.